The molecule has 2 saturated heterocycles. The predicted molar refractivity (Wildman–Crippen MR) is 108 cm³/mol. The number of cyclic esters (lactones) is 1. The molecule has 2 aromatic rings. The molecular formula is C22H27N3O2. The van der Waals surface area contributed by atoms with Gasteiger partial charge in [-0.2, -0.15) is 0 Å². The quantitative estimate of drug-likeness (QED) is 0.823. The minimum absolute atomic E-state index is 0.0497. The maximum atomic E-state index is 12.2. The molecule has 5 nitrogen and oxygen atoms in total. The first-order valence-corrected chi connectivity index (χ1v) is 9.77. The second-order valence-electron chi connectivity index (χ2n) is 7.64. The van der Waals surface area contributed by atoms with E-state index in [1.54, 1.807) is 4.90 Å². The number of piperidine rings is 1. The van der Waals surface area contributed by atoms with Gasteiger partial charge in [0.05, 0.1) is 6.54 Å². The molecule has 4 rings (SSSR count). The molecule has 1 atom stereocenters. The molecular weight excluding hydrogens is 338 g/mol. The fraction of sp³-hybridized carbons (Fsp3) is 0.409. The van der Waals surface area contributed by atoms with E-state index in [1.165, 1.54) is 18.4 Å². The molecule has 0 radical (unpaired) electrons. The second-order valence-corrected chi connectivity index (χ2v) is 7.64. The van der Waals surface area contributed by atoms with E-state index >= 15 is 0 Å². The smallest absolute Gasteiger partial charge is 0.414 e. The van der Waals surface area contributed by atoms with Crippen molar-refractivity contribution in [3.63, 3.8) is 0 Å². The minimum Gasteiger partial charge on any atom is -0.443 e. The van der Waals surface area contributed by atoms with Crippen molar-refractivity contribution in [2.45, 2.75) is 25.4 Å². The van der Waals surface area contributed by atoms with E-state index in [-0.39, 0.29) is 12.2 Å². The van der Waals surface area contributed by atoms with Gasteiger partial charge in [0.15, 0.2) is 0 Å². The van der Waals surface area contributed by atoms with Crippen LogP contribution in [0.25, 0.3) is 0 Å². The molecule has 0 unspecified atom stereocenters. The molecule has 2 aromatic carbocycles. The zero-order valence-electron chi connectivity index (χ0n) is 15.6. The maximum absolute atomic E-state index is 12.2. The number of carbonyl (C=O) groups is 1. The Bertz CT molecular complexity index is 755. The van der Waals surface area contributed by atoms with E-state index in [0.29, 0.717) is 6.54 Å². The Morgan fingerprint density at radius 1 is 1.00 bits per heavy atom. The van der Waals surface area contributed by atoms with E-state index in [9.17, 15) is 4.79 Å². The van der Waals surface area contributed by atoms with Crippen molar-refractivity contribution in [1.29, 1.82) is 0 Å². The van der Waals surface area contributed by atoms with Crippen LogP contribution in [0.3, 0.4) is 0 Å². The van der Waals surface area contributed by atoms with Crippen molar-refractivity contribution < 1.29 is 9.53 Å². The third-order valence-electron chi connectivity index (χ3n) is 5.62. The van der Waals surface area contributed by atoms with E-state index in [1.807, 2.05) is 42.5 Å². The normalized spacial score (nSPS) is 21.4. The van der Waals surface area contributed by atoms with Gasteiger partial charge in [0.1, 0.15) is 6.10 Å². The highest BCUT2D eigenvalue weighted by Crippen LogP contribution is 2.25. The number of nitrogen functional groups attached to an aromatic ring is 1. The Morgan fingerprint density at radius 2 is 1.70 bits per heavy atom. The fourth-order valence-electron chi connectivity index (χ4n) is 4.08. The van der Waals surface area contributed by atoms with Crippen molar-refractivity contribution in [2.75, 3.05) is 36.8 Å². The van der Waals surface area contributed by atoms with Crippen LogP contribution in [0.2, 0.25) is 0 Å². The highest BCUT2D eigenvalue weighted by Gasteiger charge is 2.34. The summed E-state index contributed by atoms with van der Waals surface area (Å²) in [4.78, 5) is 16.4. The zero-order chi connectivity index (χ0) is 18.6. The van der Waals surface area contributed by atoms with Crippen molar-refractivity contribution in [1.82, 2.24) is 4.90 Å². The van der Waals surface area contributed by atoms with Crippen molar-refractivity contribution in [3.05, 3.63) is 60.2 Å². The summed E-state index contributed by atoms with van der Waals surface area (Å²) in [5.74, 6) is 0.719. The molecule has 2 aliphatic heterocycles. The molecule has 5 heteroatoms. The van der Waals surface area contributed by atoms with Crippen molar-refractivity contribution >= 4 is 17.5 Å². The molecule has 142 valence electrons. The maximum Gasteiger partial charge on any atom is 0.414 e. The predicted octanol–water partition coefficient (Wildman–Crippen LogP) is 3.55. The lowest BCUT2D eigenvalue weighted by Crippen LogP contribution is -2.40. The summed E-state index contributed by atoms with van der Waals surface area (Å²) in [6, 6.07) is 18.0. The SMILES string of the molecule is Nc1ccc(CC2CCN(C[C@H]3CN(c4ccccc4)C(=O)O3)CC2)cc1. The van der Waals surface area contributed by atoms with Gasteiger partial charge in [0, 0.05) is 17.9 Å². The zero-order valence-corrected chi connectivity index (χ0v) is 15.6. The number of carbonyl (C=O) groups excluding carboxylic acids is 1. The van der Waals surface area contributed by atoms with Crippen LogP contribution in [-0.2, 0) is 11.2 Å². The number of nitrogens with zero attached hydrogens (tertiary/aromatic N) is 2. The van der Waals surface area contributed by atoms with Crippen LogP contribution in [0.1, 0.15) is 18.4 Å². The summed E-state index contributed by atoms with van der Waals surface area (Å²) < 4.78 is 5.60. The first-order chi connectivity index (χ1) is 13.2. The number of amides is 1. The summed E-state index contributed by atoms with van der Waals surface area (Å²) in [7, 11) is 0. The summed E-state index contributed by atoms with van der Waals surface area (Å²) >= 11 is 0. The van der Waals surface area contributed by atoms with Gasteiger partial charge >= 0.3 is 6.09 Å². The molecule has 1 amide bonds. The van der Waals surface area contributed by atoms with Crippen LogP contribution in [0.5, 0.6) is 0 Å². The molecule has 0 aliphatic carbocycles. The average molecular weight is 365 g/mol. The van der Waals surface area contributed by atoms with Gasteiger partial charge < -0.3 is 10.5 Å². The number of nitrogens with two attached hydrogens (primary N) is 1. The van der Waals surface area contributed by atoms with Gasteiger partial charge in [-0.15, -0.1) is 0 Å². The Balaban J connectivity index is 1.25. The summed E-state index contributed by atoms with van der Waals surface area (Å²) in [5.41, 5.74) is 8.87. The lowest BCUT2D eigenvalue weighted by atomic mass is 9.90. The van der Waals surface area contributed by atoms with Gasteiger partial charge in [0.25, 0.3) is 0 Å². The standard InChI is InChI=1S/C22H27N3O2/c23-19-8-6-17(7-9-19)14-18-10-12-24(13-11-18)15-21-16-25(22(26)27-21)20-4-2-1-3-5-20/h1-9,18,21H,10-16,23H2/t21-/m0/s1. The first-order valence-electron chi connectivity index (χ1n) is 9.77. The van der Waals surface area contributed by atoms with Crippen molar-refractivity contribution in [2.24, 2.45) is 5.92 Å². The Hall–Kier alpha value is -2.53. The monoisotopic (exact) mass is 365 g/mol. The summed E-state index contributed by atoms with van der Waals surface area (Å²) in [6.45, 7) is 3.59. The van der Waals surface area contributed by atoms with Gasteiger partial charge in [0.2, 0.25) is 0 Å². The van der Waals surface area contributed by atoms with Crippen molar-refractivity contribution in [3.8, 4) is 0 Å². The molecule has 2 fully saturated rings. The highest BCUT2D eigenvalue weighted by molar-refractivity contribution is 5.89. The van der Waals surface area contributed by atoms with Crippen LogP contribution in [-0.4, -0.2) is 43.3 Å². The number of ether oxygens (including phenoxy) is 1. The van der Waals surface area contributed by atoms with Crippen LogP contribution >= 0.6 is 0 Å². The molecule has 2 heterocycles. The van der Waals surface area contributed by atoms with Crippen LogP contribution in [0.15, 0.2) is 54.6 Å². The number of benzene rings is 2. The molecule has 0 saturated carbocycles. The number of hydrogen-bond donors (Lipinski definition) is 1. The third kappa shape index (κ3) is 4.42. The third-order valence-corrected chi connectivity index (χ3v) is 5.62. The Morgan fingerprint density at radius 3 is 2.41 bits per heavy atom. The largest absolute Gasteiger partial charge is 0.443 e. The summed E-state index contributed by atoms with van der Waals surface area (Å²) in [5, 5.41) is 0. The second kappa shape index (κ2) is 8.01. The molecule has 2 N–H and O–H groups in total. The number of hydrogen-bond acceptors (Lipinski definition) is 4. The molecule has 2 aliphatic rings. The highest BCUT2D eigenvalue weighted by atomic mass is 16.6. The molecule has 0 spiro atoms. The van der Waals surface area contributed by atoms with Gasteiger partial charge in [-0.05, 0) is 68.1 Å². The van der Waals surface area contributed by atoms with E-state index in [4.69, 9.17) is 10.5 Å². The Labute approximate surface area is 160 Å². The van der Waals surface area contributed by atoms with Gasteiger partial charge in [-0.25, -0.2) is 4.79 Å². The van der Waals surface area contributed by atoms with Crippen LogP contribution in [0, 0.1) is 5.92 Å². The average Bonchev–Trinajstić information content (AvgIpc) is 3.06. The van der Waals surface area contributed by atoms with Crippen LogP contribution < -0.4 is 10.6 Å². The summed E-state index contributed by atoms with van der Waals surface area (Å²) in [6.07, 6.45) is 3.21. The first kappa shape index (κ1) is 17.9. The van der Waals surface area contributed by atoms with Gasteiger partial charge in [-0.1, -0.05) is 30.3 Å². The number of anilines is 2. The number of rotatable bonds is 5. The lowest BCUT2D eigenvalue weighted by Gasteiger charge is -2.33. The number of para-hydroxylation sites is 1. The van der Waals surface area contributed by atoms with E-state index in [2.05, 4.69) is 17.0 Å². The molecule has 0 aromatic heterocycles. The topological polar surface area (TPSA) is 58.8 Å². The van der Waals surface area contributed by atoms with Gasteiger partial charge in [-0.3, -0.25) is 9.80 Å². The Kier molecular flexibility index (Phi) is 5.30. The number of likely N-dealkylation sites (tertiary alicyclic amines) is 1. The van der Waals surface area contributed by atoms with E-state index in [0.717, 1.165) is 43.3 Å². The van der Waals surface area contributed by atoms with E-state index < -0.39 is 0 Å². The fourth-order valence-corrected chi connectivity index (χ4v) is 4.08. The molecule has 27 heavy (non-hydrogen) atoms. The van der Waals surface area contributed by atoms with Crippen LogP contribution in [0.4, 0.5) is 16.2 Å². The lowest BCUT2D eigenvalue weighted by molar-refractivity contribution is 0.0914. The molecule has 0 bridgehead atoms. The minimum atomic E-state index is -0.232.